The van der Waals surface area contributed by atoms with Crippen LogP contribution in [0.5, 0.6) is 0 Å². The summed E-state index contributed by atoms with van der Waals surface area (Å²) in [6, 6.07) is 5.88. The van der Waals surface area contributed by atoms with E-state index in [4.69, 9.17) is 26.8 Å². The zero-order valence-corrected chi connectivity index (χ0v) is 24.1. The Balaban J connectivity index is 1.41. The van der Waals surface area contributed by atoms with E-state index in [0.717, 1.165) is 6.42 Å². The fourth-order valence-corrected chi connectivity index (χ4v) is 5.53. The van der Waals surface area contributed by atoms with Gasteiger partial charge in [-0.2, -0.15) is 9.97 Å². The average Bonchev–Trinajstić information content (AvgIpc) is 3.50. The molecule has 1 aromatic carbocycles. The number of hydrogen-bond donors (Lipinski definition) is 6. The molecule has 44 heavy (non-hydrogen) atoms. The number of rotatable bonds is 10. The number of carboxylic acids is 2. The summed E-state index contributed by atoms with van der Waals surface area (Å²) in [6.45, 7) is 5.43. The van der Waals surface area contributed by atoms with Crippen molar-refractivity contribution in [3.8, 4) is 0 Å². The predicted molar refractivity (Wildman–Crippen MR) is 154 cm³/mol. The number of nitrogens with zero attached hydrogens (tertiary/aromatic N) is 5. The van der Waals surface area contributed by atoms with Gasteiger partial charge in [-0.1, -0.05) is 18.7 Å². The molecule has 2 aromatic heterocycles. The van der Waals surface area contributed by atoms with Gasteiger partial charge >= 0.3 is 18.0 Å². The first-order valence-corrected chi connectivity index (χ1v) is 13.8. The molecule has 0 bridgehead atoms. The molecular formula is C27H30ClN7O9. The molecule has 2 aliphatic heterocycles. The Morgan fingerprint density at radius 2 is 1.95 bits per heavy atom. The van der Waals surface area contributed by atoms with E-state index >= 15 is 0 Å². The minimum absolute atomic E-state index is 0.0336. The van der Waals surface area contributed by atoms with Crippen molar-refractivity contribution < 1.29 is 44.3 Å². The van der Waals surface area contributed by atoms with Crippen LogP contribution >= 0.6 is 11.6 Å². The van der Waals surface area contributed by atoms with Crippen LogP contribution in [-0.2, 0) is 25.5 Å². The largest absolute Gasteiger partial charge is 0.479 e. The zero-order valence-electron chi connectivity index (χ0n) is 23.4. The van der Waals surface area contributed by atoms with Crippen molar-refractivity contribution in [2.75, 3.05) is 30.3 Å². The van der Waals surface area contributed by atoms with Crippen molar-refractivity contribution in [3.05, 3.63) is 53.6 Å². The van der Waals surface area contributed by atoms with E-state index in [1.165, 1.54) is 34.9 Å². The van der Waals surface area contributed by atoms with Crippen molar-refractivity contribution in [2.45, 2.75) is 49.4 Å². The summed E-state index contributed by atoms with van der Waals surface area (Å²) in [6.07, 6.45) is -3.23. The maximum atomic E-state index is 12.5. The fraction of sp³-hybridized carbons (Fsp3) is 0.407. The van der Waals surface area contributed by atoms with Crippen molar-refractivity contribution in [1.29, 1.82) is 0 Å². The van der Waals surface area contributed by atoms with Crippen molar-refractivity contribution >= 4 is 52.2 Å². The number of ether oxygens (including phenoxy) is 2. The summed E-state index contributed by atoms with van der Waals surface area (Å²) in [4.78, 5) is 50.6. The highest BCUT2D eigenvalue weighted by atomic mass is 35.5. The van der Waals surface area contributed by atoms with E-state index in [1.807, 2.05) is 0 Å². The van der Waals surface area contributed by atoms with Crippen LogP contribution in [0.1, 0.15) is 25.1 Å². The molecule has 0 aliphatic carbocycles. The van der Waals surface area contributed by atoms with Crippen molar-refractivity contribution in [3.63, 3.8) is 0 Å². The Morgan fingerprint density at radius 3 is 2.57 bits per heavy atom. The highest BCUT2D eigenvalue weighted by Gasteiger charge is 2.58. The Kier molecular flexibility index (Phi) is 8.21. The number of nitrogen functional groups attached to an aromatic ring is 1. The van der Waals surface area contributed by atoms with Gasteiger partial charge in [-0.3, -0.25) is 9.47 Å². The van der Waals surface area contributed by atoms with Gasteiger partial charge in [0.15, 0.2) is 17.7 Å². The highest BCUT2D eigenvalue weighted by molar-refractivity contribution is 6.28. The first-order chi connectivity index (χ1) is 20.8. The number of urea groups is 1. The lowest BCUT2D eigenvalue weighted by molar-refractivity contribution is -0.191. The topological polar surface area (TPSA) is 235 Å². The number of carbonyl (C=O) groups is 3. The first-order valence-electron chi connectivity index (χ1n) is 13.4. The molecule has 17 heteroatoms. The lowest BCUT2D eigenvalue weighted by atomic mass is 9.85. The number of fused-ring (bicyclic) bond motifs is 1. The van der Waals surface area contributed by atoms with Gasteiger partial charge in [0.05, 0.1) is 12.9 Å². The summed E-state index contributed by atoms with van der Waals surface area (Å²) in [7, 11) is 0. The van der Waals surface area contributed by atoms with Crippen LogP contribution in [0.25, 0.3) is 11.2 Å². The van der Waals surface area contributed by atoms with Crippen LogP contribution in [0.2, 0.25) is 5.28 Å². The zero-order chi connectivity index (χ0) is 32.0. The minimum atomic E-state index is -2.82. The Hall–Kier alpha value is -4.35. The molecule has 3 aromatic rings. The maximum Gasteiger partial charge on any atom is 0.348 e. The first kappa shape index (κ1) is 31.1. The Morgan fingerprint density at radius 1 is 1.27 bits per heavy atom. The molecule has 2 fully saturated rings. The summed E-state index contributed by atoms with van der Waals surface area (Å²) >= 11 is 5.95. The third kappa shape index (κ3) is 5.20. The van der Waals surface area contributed by atoms with Gasteiger partial charge in [-0.05, 0) is 48.2 Å². The third-order valence-corrected chi connectivity index (χ3v) is 8.02. The van der Waals surface area contributed by atoms with E-state index in [2.05, 4.69) is 26.8 Å². The number of amides is 2. The molecule has 0 unspecified atom stereocenters. The van der Waals surface area contributed by atoms with Gasteiger partial charge in [-0.25, -0.2) is 19.4 Å². The molecule has 2 aliphatic rings. The molecule has 234 valence electrons. The van der Waals surface area contributed by atoms with Gasteiger partial charge in [0.25, 0.3) is 5.60 Å². The van der Waals surface area contributed by atoms with E-state index in [0.29, 0.717) is 18.8 Å². The molecule has 0 radical (unpaired) electrons. The Bertz CT molecular complexity index is 1620. The minimum Gasteiger partial charge on any atom is -0.479 e. The SMILES string of the molecule is C=C(C)[C@@]1(O)[C@@H](COC(Cc2ccc(N3CCCNC3=O)cc2)(C(=O)O)C(=O)O)O[C@@H](n2cnc3c(N)nc(Cl)nc32)[C@@H]1O. The third-order valence-electron chi connectivity index (χ3n) is 7.85. The number of aliphatic hydroxyl groups excluding tert-OH is 1. The second-order valence-corrected chi connectivity index (χ2v) is 10.9. The molecule has 0 saturated carbocycles. The van der Waals surface area contributed by atoms with Gasteiger partial charge in [0.1, 0.15) is 23.3 Å². The van der Waals surface area contributed by atoms with Crippen molar-refractivity contribution in [2.24, 2.45) is 0 Å². The number of carboxylic acid groups (broad SMARTS) is 2. The molecule has 4 atom stereocenters. The molecule has 7 N–H and O–H groups in total. The number of nitrogens with one attached hydrogen (secondary N) is 1. The van der Waals surface area contributed by atoms with E-state index < -0.39 is 54.6 Å². The number of imidazole rings is 1. The fourth-order valence-electron chi connectivity index (χ4n) is 5.35. The van der Waals surface area contributed by atoms with Gasteiger partial charge < -0.3 is 41.0 Å². The monoisotopic (exact) mass is 631 g/mol. The molecule has 2 amide bonds. The summed E-state index contributed by atoms with van der Waals surface area (Å²) in [5.74, 6) is -3.65. The van der Waals surface area contributed by atoms with E-state index in [-0.39, 0.29) is 39.4 Å². The highest BCUT2D eigenvalue weighted by Crippen LogP contribution is 2.43. The van der Waals surface area contributed by atoms with Crippen LogP contribution in [0.4, 0.5) is 16.3 Å². The van der Waals surface area contributed by atoms with Crippen LogP contribution < -0.4 is 16.0 Å². The number of aliphatic carboxylic acids is 2. The second-order valence-electron chi connectivity index (χ2n) is 10.6. The molecule has 0 spiro atoms. The molecule has 5 rings (SSSR count). The number of benzene rings is 1. The summed E-state index contributed by atoms with van der Waals surface area (Å²) in [5, 5.41) is 45.5. The standard InChI is InChI=1S/C27H30ClN7O9/c1-13(2)27(42)16(44-21(18(27)36)35-12-31-17-19(29)32-24(28)33-20(17)35)11-43-26(22(37)38,23(39)40)10-14-4-6-15(7-5-14)34-9-3-8-30-25(34)41/h4-7,12,16,18,21,36,42H,1,3,8-11H2,2H3,(H,30,41)(H,37,38)(H,39,40)(H2,29,32,33)/t16-,18+,21-,27-/m1/s1. The second kappa shape index (κ2) is 11.6. The number of aromatic nitrogens is 4. The number of aliphatic hydroxyl groups is 2. The van der Waals surface area contributed by atoms with Gasteiger partial charge in [-0.15, -0.1) is 0 Å². The Labute approximate surface area is 254 Å². The molecule has 16 nitrogen and oxygen atoms in total. The number of halogens is 1. The van der Waals surface area contributed by atoms with Gasteiger partial charge in [0, 0.05) is 25.2 Å². The quantitative estimate of drug-likeness (QED) is 0.103. The number of nitrogens with two attached hydrogens (primary N) is 1. The van der Waals surface area contributed by atoms with E-state index in [1.54, 1.807) is 12.1 Å². The number of carbonyl (C=O) groups excluding carboxylic acids is 1. The molecular weight excluding hydrogens is 602 g/mol. The van der Waals surface area contributed by atoms with Gasteiger partial charge in [0.2, 0.25) is 5.28 Å². The lowest BCUT2D eigenvalue weighted by Crippen LogP contribution is -2.55. The molecule has 2 saturated heterocycles. The predicted octanol–water partition coefficient (Wildman–Crippen LogP) is 0.714. The normalized spacial score (nSPS) is 24.0. The average molecular weight is 632 g/mol. The molecule has 4 heterocycles. The summed E-state index contributed by atoms with van der Waals surface area (Å²) < 4.78 is 12.8. The van der Waals surface area contributed by atoms with Crippen LogP contribution in [-0.4, -0.2) is 101 Å². The van der Waals surface area contributed by atoms with Crippen LogP contribution in [0, 0.1) is 0 Å². The lowest BCUT2D eigenvalue weighted by Gasteiger charge is -2.33. The number of anilines is 2. The van der Waals surface area contributed by atoms with Crippen LogP contribution in [0.3, 0.4) is 0 Å². The smallest absolute Gasteiger partial charge is 0.348 e. The van der Waals surface area contributed by atoms with Crippen LogP contribution in [0.15, 0.2) is 42.7 Å². The number of hydrogen-bond acceptors (Lipinski definition) is 11. The van der Waals surface area contributed by atoms with E-state index in [9.17, 15) is 34.8 Å². The summed E-state index contributed by atoms with van der Waals surface area (Å²) in [5.41, 5.74) is 1.93. The maximum absolute atomic E-state index is 12.5. The van der Waals surface area contributed by atoms with Crippen molar-refractivity contribution in [1.82, 2.24) is 24.8 Å².